The van der Waals surface area contributed by atoms with Crippen LogP contribution in [-0.4, -0.2) is 22.4 Å². The van der Waals surface area contributed by atoms with E-state index in [0.29, 0.717) is 10.8 Å². The molecule has 1 aromatic rings. The Morgan fingerprint density at radius 3 is 3.29 bits per heavy atom. The van der Waals surface area contributed by atoms with Crippen molar-refractivity contribution in [3.05, 3.63) is 17.5 Å². The summed E-state index contributed by atoms with van der Waals surface area (Å²) >= 11 is 1.98. The minimum absolute atomic E-state index is 0.607. The molecule has 1 aromatic heterocycles. The quantitative estimate of drug-likeness (QED) is 0.720. The van der Waals surface area contributed by atoms with E-state index in [2.05, 4.69) is 5.16 Å². The van der Waals surface area contributed by atoms with Crippen molar-refractivity contribution in [2.75, 3.05) is 5.75 Å². The summed E-state index contributed by atoms with van der Waals surface area (Å²) in [4.78, 5) is 10.6. The van der Waals surface area contributed by atoms with E-state index in [4.69, 9.17) is 4.52 Å². The van der Waals surface area contributed by atoms with E-state index in [0.717, 1.165) is 18.5 Å². The Kier molecular flexibility index (Phi) is 3.24. The second-order valence-corrected chi connectivity index (χ2v) is 4.92. The summed E-state index contributed by atoms with van der Waals surface area (Å²) in [5.41, 5.74) is 0.608. The third-order valence-corrected chi connectivity index (χ3v) is 3.89. The lowest BCUT2D eigenvalue weighted by molar-refractivity contribution is 0.112. The molecule has 1 aliphatic heterocycles. The van der Waals surface area contributed by atoms with Gasteiger partial charge in [0, 0.05) is 11.7 Å². The summed E-state index contributed by atoms with van der Waals surface area (Å²) in [6.45, 7) is 0. The zero-order chi connectivity index (χ0) is 9.80. The molecule has 0 aromatic carbocycles. The fourth-order valence-corrected chi connectivity index (χ4v) is 3.00. The lowest BCUT2D eigenvalue weighted by atomic mass is 10.1. The predicted molar refractivity (Wildman–Crippen MR) is 55.7 cm³/mol. The summed E-state index contributed by atoms with van der Waals surface area (Å²) in [5, 5.41) is 4.25. The fourth-order valence-electron chi connectivity index (χ4n) is 1.70. The van der Waals surface area contributed by atoms with Crippen molar-refractivity contribution in [1.82, 2.24) is 5.16 Å². The molecule has 14 heavy (non-hydrogen) atoms. The summed E-state index contributed by atoms with van der Waals surface area (Å²) in [6, 6.07) is 0. The molecule has 3 nitrogen and oxygen atoms in total. The number of rotatable bonds is 3. The van der Waals surface area contributed by atoms with Gasteiger partial charge in [-0.05, 0) is 18.6 Å². The van der Waals surface area contributed by atoms with Crippen LogP contribution < -0.4 is 0 Å². The number of thioether (sulfide) groups is 1. The molecule has 1 unspecified atom stereocenters. The Morgan fingerprint density at radius 1 is 1.64 bits per heavy atom. The van der Waals surface area contributed by atoms with Gasteiger partial charge in [-0.3, -0.25) is 4.79 Å². The Morgan fingerprint density at radius 2 is 2.57 bits per heavy atom. The maximum absolute atomic E-state index is 10.6. The van der Waals surface area contributed by atoms with Gasteiger partial charge in [0.25, 0.3) is 0 Å². The van der Waals surface area contributed by atoms with E-state index in [-0.39, 0.29) is 0 Å². The second-order valence-electron chi connectivity index (χ2n) is 3.51. The molecule has 2 heterocycles. The molecular formula is C10H13NO2S. The van der Waals surface area contributed by atoms with E-state index < -0.39 is 0 Å². The number of aromatic nitrogens is 1. The smallest absolute Gasteiger partial charge is 0.155 e. The van der Waals surface area contributed by atoms with Crippen LogP contribution in [0.2, 0.25) is 0 Å². The average molecular weight is 211 g/mol. The van der Waals surface area contributed by atoms with Crippen LogP contribution in [0.5, 0.6) is 0 Å². The first kappa shape index (κ1) is 9.77. The van der Waals surface area contributed by atoms with Crippen LogP contribution in [0, 0.1) is 0 Å². The van der Waals surface area contributed by atoms with Crippen molar-refractivity contribution in [3.63, 3.8) is 0 Å². The van der Waals surface area contributed by atoms with Gasteiger partial charge in [0.2, 0.25) is 0 Å². The molecule has 0 spiro atoms. The molecule has 1 fully saturated rings. The molecule has 1 atom stereocenters. The first-order chi connectivity index (χ1) is 6.90. The highest BCUT2D eigenvalue weighted by Gasteiger charge is 2.18. The second kappa shape index (κ2) is 4.64. The van der Waals surface area contributed by atoms with Crippen molar-refractivity contribution in [1.29, 1.82) is 0 Å². The molecule has 0 radical (unpaired) electrons. The fraction of sp³-hybridized carbons (Fsp3) is 0.600. The highest BCUT2D eigenvalue weighted by Crippen LogP contribution is 2.28. The van der Waals surface area contributed by atoms with Crippen molar-refractivity contribution < 1.29 is 9.32 Å². The molecule has 0 aliphatic carbocycles. The number of hydrogen-bond donors (Lipinski definition) is 0. The van der Waals surface area contributed by atoms with Gasteiger partial charge in [-0.2, -0.15) is 11.8 Å². The molecule has 0 saturated carbocycles. The van der Waals surface area contributed by atoms with Gasteiger partial charge in [-0.25, -0.2) is 0 Å². The molecule has 1 aliphatic rings. The Bertz CT molecular complexity index is 305. The SMILES string of the molecule is O=Cc1cnoc1CC1CCCCS1. The van der Waals surface area contributed by atoms with E-state index in [9.17, 15) is 4.79 Å². The molecule has 0 amide bonds. The topological polar surface area (TPSA) is 43.1 Å². The molecule has 0 N–H and O–H groups in total. The standard InChI is InChI=1S/C10H13NO2S/c12-7-8-6-11-13-10(8)5-9-3-1-2-4-14-9/h6-7,9H,1-5H2. The van der Waals surface area contributed by atoms with Gasteiger partial charge in [-0.15, -0.1) is 0 Å². The summed E-state index contributed by atoms with van der Waals surface area (Å²) < 4.78 is 5.06. The first-order valence-electron chi connectivity index (χ1n) is 4.90. The van der Waals surface area contributed by atoms with Crippen LogP contribution in [-0.2, 0) is 6.42 Å². The maximum atomic E-state index is 10.6. The number of aldehydes is 1. The lowest BCUT2D eigenvalue weighted by Crippen LogP contribution is -2.12. The first-order valence-corrected chi connectivity index (χ1v) is 5.95. The van der Waals surface area contributed by atoms with Crippen molar-refractivity contribution in [3.8, 4) is 0 Å². The van der Waals surface area contributed by atoms with Crippen molar-refractivity contribution in [2.24, 2.45) is 0 Å². The average Bonchev–Trinajstić information content (AvgIpc) is 2.67. The van der Waals surface area contributed by atoms with Gasteiger partial charge < -0.3 is 4.52 Å². The van der Waals surface area contributed by atoms with Crippen LogP contribution >= 0.6 is 11.8 Å². The van der Waals surface area contributed by atoms with Crippen LogP contribution in [0.1, 0.15) is 35.4 Å². The Labute approximate surface area is 87.2 Å². The minimum Gasteiger partial charge on any atom is -0.361 e. The molecule has 4 heteroatoms. The van der Waals surface area contributed by atoms with Gasteiger partial charge in [-0.1, -0.05) is 11.6 Å². The highest BCUT2D eigenvalue weighted by atomic mass is 32.2. The van der Waals surface area contributed by atoms with Crippen LogP contribution in [0.3, 0.4) is 0 Å². The van der Waals surface area contributed by atoms with Crippen molar-refractivity contribution >= 4 is 18.0 Å². The molecule has 0 bridgehead atoms. The van der Waals surface area contributed by atoms with Crippen LogP contribution in [0.15, 0.2) is 10.7 Å². The maximum Gasteiger partial charge on any atom is 0.155 e. The Balaban J connectivity index is 1.98. The van der Waals surface area contributed by atoms with Gasteiger partial charge in [0.15, 0.2) is 6.29 Å². The molecule has 1 saturated heterocycles. The summed E-state index contributed by atoms with van der Waals surface area (Å²) in [6.07, 6.45) is 7.00. The number of carbonyl (C=O) groups is 1. The number of hydrogen-bond acceptors (Lipinski definition) is 4. The normalized spacial score (nSPS) is 22.1. The van der Waals surface area contributed by atoms with E-state index in [1.54, 1.807) is 0 Å². The number of nitrogens with zero attached hydrogens (tertiary/aromatic N) is 1. The summed E-state index contributed by atoms with van der Waals surface area (Å²) in [5.74, 6) is 1.98. The van der Waals surface area contributed by atoms with Crippen molar-refractivity contribution in [2.45, 2.75) is 30.9 Å². The third kappa shape index (κ3) is 2.18. The minimum atomic E-state index is 0.607. The molecule has 2 rings (SSSR count). The monoisotopic (exact) mass is 211 g/mol. The summed E-state index contributed by atoms with van der Waals surface area (Å²) in [7, 11) is 0. The zero-order valence-electron chi connectivity index (χ0n) is 7.94. The predicted octanol–water partition coefficient (Wildman–Crippen LogP) is 2.32. The van der Waals surface area contributed by atoms with Gasteiger partial charge in [0.05, 0.1) is 11.8 Å². The zero-order valence-corrected chi connectivity index (χ0v) is 8.76. The lowest BCUT2D eigenvalue weighted by Gasteiger charge is -2.19. The van der Waals surface area contributed by atoms with Gasteiger partial charge >= 0.3 is 0 Å². The van der Waals surface area contributed by atoms with Crippen LogP contribution in [0.25, 0.3) is 0 Å². The highest BCUT2D eigenvalue weighted by molar-refractivity contribution is 7.99. The van der Waals surface area contributed by atoms with E-state index in [1.165, 1.54) is 31.2 Å². The van der Waals surface area contributed by atoms with E-state index in [1.807, 2.05) is 11.8 Å². The molecule has 76 valence electrons. The molecular weight excluding hydrogens is 198 g/mol. The largest absolute Gasteiger partial charge is 0.361 e. The third-order valence-electron chi connectivity index (χ3n) is 2.49. The van der Waals surface area contributed by atoms with Gasteiger partial charge in [0.1, 0.15) is 5.76 Å². The number of carbonyl (C=O) groups excluding carboxylic acids is 1. The van der Waals surface area contributed by atoms with E-state index >= 15 is 0 Å². The van der Waals surface area contributed by atoms with Crippen LogP contribution in [0.4, 0.5) is 0 Å². The Hall–Kier alpha value is -0.770.